The number of hydrogen-bond acceptors (Lipinski definition) is 5. The van der Waals surface area contributed by atoms with E-state index >= 15 is 0 Å². The third kappa shape index (κ3) is 3.84. The molecule has 106 valence electrons. The number of rotatable bonds is 5. The number of ether oxygens (including phenoxy) is 1. The van der Waals surface area contributed by atoms with E-state index in [1.807, 2.05) is 0 Å². The third-order valence-electron chi connectivity index (χ3n) is 3.52. The Bertz CT molecular complexity index is 529. The molecule has 5 nitrogen and oxygen atoms in total. The van der Waals surface area contributed by atoms with Crippen molar-refractivity contribution in [3.63, 3.8) is 0 Å². The molecule has 1 fully saturated rings. The van der Waals surface area contributed by atoms with Crippen LogP contribution in [0.2, 0.25) is 0 Å². The van der Waals surface area contributed by atoms with Crippen LogP contribution in [0.15, 0.2) is 24.3 Å². The van der Waals surface area contributed by atoms with Gasteiger partial charge in [-0.1, -0.05) is 6.07 Å². The van der Waals surface area contributed by atoms with E-state index in [1.165, 1.54) is 6.07 Å². The van der Waals surface area contributed by atoms with Gasteiger partial charge in [0.1, 0.15) is 11.5 Å². The van der Waals surface area contributed by atoms with Gasteiger partial charge in [-0.3, -0.25) is 0 Å². The van der Waals surface area contributed by atoms with Gasteiger partial charge in [-0.05, 0) is 31.0 Å². The van der Waals surface area contributed by atoms with Crippen LogP contribution in [0.3, 0.4) is 0 Å². The zero-order chi connectivity index (χ0) is 13.9. The Kier molecular flexibility index (Phi) is 4.31. The Balaban J connectivity index is 1.93. The van der Waals surface area contributed by atoms with Crippen LogP contribution in [-0.2, 0) is 9.84 Å². The second-order valence-electron chi connectivity index (χ2n) is 4.97. The maximum absolute atomic E-state index is 11.5. The van der Waals surface area contributed by atoms with Crippen LogP contribution in [0.25, 0.3) is 0 Å². The highest BCUT2D eigenvalue weighted by Crippen LogP contribution is 2.27. The minimum Gasteiger partial charge on any atom is -0.508 e. The van der Waals surface area contributed by atoms with Crippen molar-refractivity contribution in [1.82, 2.24) is 0 Å². The average Bonchev–Trinajstić information content (AvgIpc) is 2.71. The van der Waals surface area contributed by atoms with Crippen molar-refractivity contribution in [3.8, 4) is 11.5 Å². The highest BCUT2D eigenvalue weighted by Gasteiger charge is 2.33. The number of phenols is 1. The molecule has 1 heterocycles. The molecule has 1 aliphatic heterocycles. The first-order chi connectivity index (χ1) is 9.00. The van der Waals surface area contributed by atoms with Crippen molar-refractivity contribution in [2.45, 2.75) is 6.42 Å². The molecule has 1 aliphatic rings. The number of phenolic OH excluding ortho intramolecular Hbond substituents is 1. The van der Waals surface area contributed by atoms with Crippen molar-refractivity contribution in [3.05, 3.63) is 24.3 Å². The smallest absolute Gasteiger partial charge is 0.150 e. The maximum Gasteiger partial charge on any atom is 0.150 e. The molecule has 3 N–H and O–H groups in total. The summed E-state index contributed by atoms with van der Waals surface area (Å²) in [6.07, 6.45) is 0.660. The second-order valence-corrected chi connectivity index (χ2v) is 7.20. The predicted molar refractivity (Wildman–Crippen MR) is 72.9 cm³/mol. The Morgan fingerprint density at radius 1 is 1.47 bits per heavy atom. The van der Waals surface area contributed by atoms with Gasteiger partial charge < -0.3 is 15.6 Å². The Hall–Kier alpha value is -1.27. The van der Waals surface area contributed by atoms with E-state index in [0.29, 0.717) is 25.3 Å². The van der Waals surface area contributed by atoms with E-state index in [1.54, 1.807) is 18.2 Å². The molecule has 0 bridgehead atoms. The first kappa shape index (κ1) is 14.1. The number of benzene rings is 1. The fourth-order valence-electron chi connectivity index (χ4n) is 2.37. The number of sulfone groups is 1. The molecule has 0 aliphatic carbocycles. The molecule has 0 saturated carbocycles. The van der Waals surface area contributed by atoms with Gasteiger partial charge in [0.15, 0.2) is 9.84 Å². The minimum absolute atomic E-state index is 0.0274. The monoisotopic (exact) mass is 285 g/mol. The van der Waals surface area contributed by atoms with Gasteiger partial charge in [0.05, 0.1) is 18.1 Å². The van der Waals surface area contributed by atoms with Gasteiger partial charge in [-0.2, -0.15) is 0 Å². The van der Waals surface area contributed by atoms with Crippen LogP contribution < -0.4 is 10.5 Å². The predicted octanol–water partition coefficient (Wildman–Crippen LogP) is 0.781. The standard InChI is InChI=1S/C13H19NO4S/c14-7-11(10-4-5-19(16,17)9-10)8-18-13-3-1-2-12(15)6-13/h1-3,6,10-11,15H,4-5,7-9,14H2. The Morgan fingerprint density at radius 3 is 2.84 bits per heavy atom. The molecule has 1 saturated heterocycles. The third-order valence-corrected chi connectivity index (χ3v) is 5.31. The van der Waals surface area contributed by atoms with E-state index in [-0.39, 0.29) is 29.1 Å². The maximum atomic E-state index is 11.5. The molecule has 6 heteroatoms. The van der Waals surface area contributed by atoms with Crippen LogP contribution >= 0.6 is 0 Å². The van der Waals surface area contributed by atoms with Crippen LogP contribution in [0, 0.1) is 11.8 Å². The molecular formula is C13H19NO4S. The molecule has 1 aromatic rings. The lowest BCUT2D eigenvalue weighted by molar-refractivity contribution is 0.208. The van der Waals surface area contributed by atoms with Crippen molar-refractivity contribution in [2.75, 3.05) is 24.7 Å². The van der Waals surface area contributed by atoms with Crippen molar-refractivity contribution in [2.24, 2.45) is 17.6 Å². The normalized spacial score (nSPS) is 23.1. The number of aromatic hydroxyl groups is 1. The van der Waals surface area contributed by atoms with Gasteiger partial charge in [0, 0.05) is 12.0 Å². The number of hydrogen-bond donors (Lipinski definition) is 2. The summed E-state index contributed by atoms with van der Waals surface area (Å²) in [6, 6.07) is 6.54. The summed E-state index contributed by atoms with van der Waals surface area (Å²) in [6.45, 7) is 0.777. The molecule has 1 aromatic carbocycles. The average molecular weight is 285 g/mol. The van der Waals surface area contributed by atoms with Crippen molar-refractivity contribution in [1.29, 1.82) is 0 Å². The summed E-state index contributed by atoms with van der Waals surface area (Å²) in [7, 11) is -2.89. The summed E-state index contributed by atoms with van der Waals surface area (Å²) < 4.78 is 28.5. The van der Waals surface area contributed by atoms with Crippen LogP contribution in [0.4, 0.5) is 0 Å². The summed E-state index contributed by atoms with van der Waals surface area (Å²) >= 11 is 0. The largest absolute Gasteiger partial charge is 0.508 e. The molecule has 2 unspecified atom stereocenters. The highest BCUT2D eigenvalue weighted by atomic mass is 32.2. The lowest BCUT2D eigenvalue weighted by Gasteiger charge is -2.21. The molecule has 2 atom stereocenters. The first-order valence-corrected chi connectivity index (χ1v) is 8.14. The minimum atomic E-state index is -2.89. The van der Waals surface area contributed by atoms with Crippen LogP contribution in [-0.4, -0.2) is 38.2 Å². The summed E-state index contributed by atoms with van der Waals surface area (Å²) in [5.74, 6) is 1.27. The van der Waals surface area contributed by atoms with Crippen molar-refractivity contribution < 1.29 is 18.3 Å². The van der Waals surface area contributed by atoms with Crippen molar-refractivity contribution >= 4 is 9.84 Å². The van der Waals surface area contributed by atoms with Crippen LogP contribution in [0.5, 0.6) is 11.5 Å². The molecule has 0 amide bonds. The van der Waals surface area contributed by atoms with Gasteiger partial charge in [0.2, 0.25) is 0 Å². The van der Waals surface area contributed by atoms with E-state index in [0.717, 1.165) is 0 Å². The molecule has 2 rings (SSSR count). The van der Waals surface area contributed by atoms with Gasteiger partial charge in [0.25, 0.3) is 0 Å². The molecule has 19 heavy (non-hydrogen) atoms. The lowest BCUT2D eigenvalue weighted by Crippen LogP contribution is -2.29. The topological polar surface area (TPSA) is 89.6 Å². The van der Waals surface area contributed by atoms with E-state index in [4.69, 9.17) is 10.5 Å². The Morgan fingerprint density at radius 2 is 2.26 bits per heavy atom. The Labute approximate surface area is 113 Å². The van der Waals surface area contributed by atoms with E-state index in [9.17, 15) is 13.5 Å². The summed E-state index contributed by atoms with van der Waals surface area (Å²) in [4.78, 5) is 0. The van der Waals surface area contributed by atoms with Crippen LogP contribution in [0.1, 0.15) is 6.42 Å². The zero-order valence-electron chi connectivity index (χ0n) is 10.7. The molecular weight excluding hydrogens is 266 g/mol. The molecule has 0 aromatic heterocycles. The van der Waals surface area contributed by atoms with Gasteiger partial charge in [-0.25, -0.2) is 8.42 Å². The molecule has 0 radical (unpaired) electrons. The lowest BCUT2D eigenvalue weighted by atomic mass is 9.93. The zero-order valence-corrected chi connectivity index (χ0v) is 11.5. The second kappa shape index (κ2) is 5.79. The van der Waals surface area contributed by atoms with E-state index < -0.39 is 9.84 Å². The summed E-state index contributed by atoms with van der Waals surface area (Å²) in [5.41, 5.74) is 5.71. The fraction of sp³-hybridized carbons (Fsp3) is 0.538. The van der Waals surface area contributed by atoms with E-state index in [2.05, 4.69) is 0 Å². The highest BCUT2D eigenvalue weighted by molar-refractivity contribution is 7.91. The SMILES string of the molecule is NCC(COc1cccc(O)c1)C1CCS(=O)(=O)C1. The summed E-state index contributed by atoms with van der Waals surface area (Å²) in [5, 5.41) is 9.33. The number of nitrogens with two attached hydrogens (primary N) is 1. The quantitative estimate of drug-likeness (QED) is 0.834. The van der Waals surface area contributed by atoms with Gasteiger partial charge >= 0.3 is 0 Å². The fourth-order valence-corrected chi connectivity index (χ4v) is 4.29. The first-order valence-electron chi connectivity index (χ1n) is 6.32. The molecule has 0 spiro atoms. The van der Waals surface area contributed by atoms with Gasteiger partial charge in [-0.15, -0.1) is 0 Å².